The number of aryl methyl sites for hydroxylation is 1. The second-order valence-corrected chi connectivity index (χ2v) is 8.42. The van der Waals surface area contributed by atoms with Gasteiger partial charge in [0, 0.05) is 24.0 Å². The zero-order valence-corrected chi connectivity index (χ0v) is 18.6. The Hall–Kier alpha value is -4.05. The number of rotatable bonds is 7. The van der Waals surface area contributed by atoms with Gasteiger partial charge in [0.05, 0.1) is 19.4 Å². The molecule has 4 nitrogen and oxygen atoms in total. The fraction of sp³-hybridized carbons (Fsp3) is 0.138. The lowest BCUT2D eigenvalue weighted by molar-refractivity contribution is 0.0714. The molecule has 5 aromatic rings. The molecule has 0 aliphatic carbocycles. The molecule has 0 fully saturated rings. The van der Waals surface area contributed by atoms with E-state index in [1.165, 1.54) is 11.1 Å². The maximum Gasteiger partial charge on any atom is 0.254 e. The van der Waals surface area contributed by atoms with Crippen molar-refractivity contribution < 1.29 is 9.21 Å². The van der Waals surface area contributed by atoms with Crippen molar-refractivity contribution in [3.8, 4) is 0 Å². The first-order valence-corrected chi connectivity index (χ1v) is 11.2. The number of fused-ring (bicyclic) bond motifs is 1. The molecule has 164 valence electrons. The first-order chi connectivity index (χ1) is 16.2. The van der Waals surface area contributed by atoms with Crippen LogP contribution in [0.3, 0.4) is 0 Å². The van der Waals surface area contributed by atoms with E-state index in [2.05, 4.69) is 54.1 Å². The van der Waals surface area contributed by atoms with Gasteiger partial charge in [-0.25, -0.2) is 0 Å². The summed E-state index contributed by atoms with van der Waals surface area (Å²) in [5.41, 5.74) is 4.24. The van der Waals surface area contributed by atoms with E-state index < -0.39 is 0 Å². The van der Waals surface area contributed by atoms with Gasteiger partial charge < -0.3 is 13.9 Å². The average molecular weight is 435 g/mol. The van der Waals surface area contributed by atoms with Crippen molar-refractivity contribution >= 4 is 16.7 Å². The Labute approximate surface area is 193 Å². The molecule has 0 unspecified atom stereocenters. The van der Waals surface area contributed by atoms with Gasteiger partial charge >= 0.3 is 0 Å². The Morgan fingerprint density at radius 1 is 0.848 bits per heavy atom. The van der Waals surface area contributed by atoms with Crippen LogP contribution < -0.4 is 0 Å². The zero-order chi connectivity index (χ0) is 22.6. The van der Waals surface area contributed by atoms with Gasteiger partial charge in [0.15, 0.2) is 0 Å². The van der Waals surface area contributed by atoms with Crippen molar-refractivity contribution in [1.82, 2.24) is 9.47 Å². The molecule has 0 N–H and O–H groups in total. The third-order valence-corrected chi connectivity index (χ3v) is 5.96. The number of amides is 1. The highest BCUT2D eigenvalue weighted by Gasteiger charge is 2.19. The normalized spacial score (nSPS) is 11.1. The maximum absolute atomic E-state index is 13.6. The third kappa shape index (κ3) is 4.75. The van der Waals surface area contributed by atoms with Crippen LogP contribution >= 0.6 is 0 Å². The van der Waals surface area contributed by atoms with Crippen LogP contribution in [0.5, 0.6) is 0 Å². The predicted octanol–water partition coefficient (Wildman–Crippen LogP) is 6.43. The monoisotopic (exact) mass is 434 g/mol. The fourth-order valence-corrected chi connectivity index (χ4v) is 4.13. The second-order valence-electron chi connectivity index (χ2n) is 8.42. The van der Waals surface area contributed by atoms with Gasteiger partial charge in [-0.05, 0) is 59.7 Å². The highest BCUT2D eigenvalue weighted by atomic mass is 16.3. The van der Waals surface area contributed by atoms with Crippen LogP contribution in [0.4, 0.5) is 0 Å². The minimum Gasteiger partial charge on any atom is -0.467 e. The summed E-state index contributed by atoms with van der Waals surface area (Å²) in [5, 5.41) is 2.18. The van der Waals surface area contributed by atoms with E-state index in [0.29, 0.717) is 18.7 Å². The molecule has 0 atom stereocenters. The zero-order valence-electron chi connectivity index (χ0n) is 18.6. The Kier molecular flexibility index (Phi) is 5.81. The standard InChI is InChI=1S/C29H26N2O2/c1-22-10-12-23(13-11-22)19-30-16-4-8-27(30)20-31(21-28-9-5-17-33-28)29(32)26-15-14-24-6-2-3-7-25(24)18-26/h2-18H,19-21H2,1H3. The average Bonchev–Trinajstić information content (AvgIpc) is 3.51. The Balaban J connectivity index is 1.43. The summed E-state index contributed by atoms with van der Waals surface area (Å²) >= 11 is 0. The van der Waals surface area contributed by atoms with Crippen molar-refractivity contribution in [2.75, 3.05) is 0 Å². The van der Waals surface area contributed by atoms with E-state index in [1.54, 1.807) is 6.26 Å². The lowest BCUT2D eigenvalue weighted by Crippen LogP contribution is -2.31. The number of nitrogens with zero attached hydrogens (tertiary/aromatic N) is 2. The molecular formula is C29H26N2O2. The molecule has 3 aromatic carbocycles. The largest absolute Gasteiger partial charge is 0.467 e. The van der Waals surface area contributed by atoms with Gasteiger partial charge in [-0.1, -0.05) is 60.2 Å². The SMILES string of the molecule is Cc1ccc(Cn2cccc2CN(Cc2ccco2)C(=O)c2ccc3ccccc3c2)cc1. The number of benzene rings is 3. The number of carbonyl (C=O) groups excluding carboxylic acids is 1. The van der Waals surface area contributed by atoms with Crippen molar-refractivity contribution in [2.24, 2.45) is 0 Å². The topological polar surface area (TPSA) is 38.4 Å². The van der Waals surface area contributed by atoms with Crippen molar-refractivity contribution in [3.05, 3.63) is 132 Å². The maximum atomic E-state index is 13.6. The van der Waals surface area contributed by atoms with Gasteiger partial charge in [-0.2, -0.15) is 0 Å². The molecule has 0 bridgehead atoms. The van der Waals surface area contributed by atoms with Crippen LogP contribution in [0.25, 0.3) is 10.8 Å². The second kappa shape index (κ2) is 9.21. The van der Waals surface area contributed by atoms with Crippen molar-refractivity contribution in [3.63, 3.8) is 0 Å². The van der Waals surface area contributed by atoms with E-state index in [1.807, 2.05) is 59.5 Å². The number of aromatic nitrogens is 1. The van der Waals surface area contributed by atoms with Crippen molar-refractivity contribution in [1.29, 1.82) is 0 Å². The quantitative estimate of drug-likeness (QED) is 0.296. The Bertz CT molecular complexity index is 1360. The molecule has 2 heterocycles. The van der Waals surface area contributed by atoms with Gasteiger partial charge in [0.1, 0.15) is 5.76 Å². The fourth-order valence-electron chi connectivity index (χ4n) is 4.13. The first-order valence-electron chi connectivity index (χ1n) is 11.2. The van der Waals surface area contributed by atoms with Crippen LogP contribution in [0.2, 0.25) is 0 Å². The molecular weight excluding hydrogens is 408 g/mol. The Morgan fingerprint density at radius 2 is 1.67 bits per heavy atom. The van der Waals surface area contributed by atoms with Crippen LogP contribution in [0.1, 0.15) is 32.9 Å². The minimum absolute atomic E-state index is 0.0137. The van der Waals surface area contributed by atoms with Gasteiger partial charge in [0.2, 0.25) is 0 Å². The number of hydrogen-bond acceptors (Lipinski definition) is 2. The lowest BCUT2D eigenvalue weighted by Gasteiger charge is -2.23. The van der Waals surface area contributed by atoms with Crippen molar-refractivity contribution in [2.45, 2.75) is 26.6 Å². The molecule has 0 aliphatic rings. The molecule has 0 aliphatic heterocycles. The minimum atomic E-state index is -0.0137. The highest BCUT2D eigenvalue weighted by molar-refractivity contribution is 5.98. The molecule has 5 rings (SSSR count). The summed E-state index contributed by atoms with van der Waals surface area (Å²) in [4.78, 5) is 15.5. The summed E-state index contributed by atoms with van der Waals surface area (Å²) in [5.74, 6) is 0.751. The lowest BCUT2D eigenvalue weighted by atomic mass is 10.1. The number of furan rings is 1. The molecule has 0 spiro atoms. The van der Waals surface area contributed by atoms with E-state index in [9.17, 15) is 4.79 Å². The summed E-state index contributed by atoms with van der Waals surface area (Å²) in [6.45, 7) is 3.76. The summed E-state index contributed by atoms with van der Waals surface area (Å²) in [7, 11) is 0. The van der Waals surface area contributed by atoms with E-state index >= 15 is 0 Å². The Morgan fingerprint density at radius 3 is 2.45 bits per heavy atom. The number of hydrogen-bond donors (Lipinski definition) is 0. The molecule has 0 saturated heterocycles. The molecule has 2 aromatic heterocycles. The summed E-state index contributed by atoms with van der Waals surface area (Å²) in [6, 6.07) is 30.4. The smallest absolute Gasteiger partial charge is 0.254 e. The van der Waals surface area contributed by atoms with E-state index in [0.717, 1.165) is 28.8 Å². The third-order valence-electron chi connectivity index (χ3n) is 5.96. The highest BCUT2D eigenvalue weighted by Crippen LogP contribution is 2.20. The van der Waals surface area contributed by atoms with Crippen LogP contribution in [-0.2, 0) is 19.6 Å². The molecule has 1 amide bonds. The van der Waals surface area contributed by atoms with Crippen LogP contribution in [-0.4, -0.2) is 15.4 Å². The molecule has 0 radical (unpaired) electrons. The van der Waals surface area contributed by atoms with Gasteiger partial charge in [-0.15, -0.1) is 0 Å². The molecule has 0 saturated carbocycles. The van der Waals surface area contributed by atoms with Gasteiger partial charge in [0.25, 0.3) is 5.91 Å². The molecule has 33 heavy (non-hydrogen) atoms. The van der Waals surface area contributed by atoms with Crippen LogP contribution in [0.15, 0.2) is 108 Å². The predicted molar refractivity (Wildman–Crippen MR) is 131 cm³/mol. The first kappa shape index (κ1) is 20.8. The van der Waals surface area contributed by atoms with Crippen LogP contribution in [0, 0.1) is 6.92 Å². The summed E-state index contributed by atoms with van der Waals surface area (Å²) in [6.07, 6.45) is 3.72. The number of carbonyl (C=O) groups is 1. The van der Waals surface area contributed by atoms with Gasteiger partial charge in [-0.3, -0.25) is 4.79 Å². The molecule has 4 heteroatoms. The van der Waals surface area contributed by atoms with E-state index in [4.69, 9.17) is 4.42 Å². The summed E-state index contributed by atoms with van der Waals surface area (Å²) < 4.78 is 7.78. The van der Waals surface area contributed by atoms with E-state index in [-0.39, 0.29) is 5.91 Å².